The van der Waals surface area contributed by atoms with Crippen LogP contribution >= 0.6 is 0 Å². The molecule has 0 aromatic rings. The van der Waals surface area contributed by atoms with Crippen molar-refractivity contribution >= 4 is 0 Å². The highest BCUT2D eigenvalue weighted by Crippen LogP contribution is 2.34. The van der Waals surface area contributed by atoms with Crippen LogP contribution in [0.5, 0.6) is 0 Å². The molecule has 1 heteroatoms. The zero-order valence-corrected chi connectivity index (χ0v) is 12.4. The predicted molar refractivity (Wildman–Crippen MR) is 74.9 cm³/mol. The molecule has 0 aliphatic heterocycles. The molecule has 1 aliphatic carbocycles. The third-order valence-electron chi connectivity index (χ3n) is 4.06. The van der Waals surface area contributed by atoms with E-state index in [0.29, 0.717) is 0 Å². The van der Waals surface area contributed by atoms with Gasteiger partial charge in [-0.1, -0.05) is 54.4 Å². The molecule has 1 fully saturated rings. The number of hydrogen-bond acceptors (Lipinski definition) is 1. The Hall–Kier alpha value is -0.0400. The van der Waals surface area contributed by atoms with Crippen molar-refractivity contribution in [3.63, 3.8) is 0 Å². The van der Waals surface area contributed by atoms with Crippen LogP contribution in [0.25, 0.3) is 0 Å². The van der Waals surface area contributed by atoms with Crippen molar-refractivity contribution in [2.24, 2.45) is 11.8 Å². The lowest BCUT2D eigenvalue weighted by Gasteiger charge is -2.43. The first kappa shape index (κ1) is 16.0. The third-order valence-corrected chi connectivity index (χ3v) is 4.06. The van der Waals surface area contributed by atoms with E-state index in [-0.39, 0.29) is 0 Å². The standard InChI is InChI=1S/C13H27N.C2H6/c1-5-12-10-8-9-11(4)13(12)14(6-2)7-3;1-2/h11-13H,5-10H2,1-4H3;1-2H3. The van der Waals surface area contributed by atoms with E-state index in [9.17, 15) is 0 Å². The molecule has 0 spiro atoms. The van der Waals surface area contributed by atoms with Crippen molar-refractivity contribution in [3.8, 4) is 0 Å². The van der Waals surface area contributed by atoms with Crippen molar-refractivity contribution in [2.75, 3.05) is 13.1 Å². The van der Waals surface area contributed by atoms with Gasteiger partial charge in [-0.3, -0.25) is 0 Å². The Labute approximate surface area is 104 Å². The summed E-state index contributed by atoms with van der Waals surface area (Å²) in [7, 11) is 0. The second-order valence-corrected chi connectivity index (χ2v) is 4.79. The van der Waals surface area contributed by atoms with Gasteiger partial charge in [0.25, 0.3) is 0 Å². The van der Waals surface area contributed by atoms with Crippen molar-refractivity contribution in [2.45, 2.75) is 73.3 Å². The van der Waals surface area contributed by atoms with Gasteiger partial charge in [0, 0.05) is 6.04 Å². The zero-order valence-electron chi connectivity index (χ0n) is 12.4. The molecular formula is C15H33N. The predicted octanol–water partition coefficient (Wildman–Crippen LogP) is 4.57. The van der Waals surface area contributed by atoms with E-state index in [4.69, 9.17) is 0 Å². The second kappa shape index (κ2) is 9.04. The number of rotatable bonds is 4. The van der Waals surface area contributed by atoms with Gasteiger partial charge >= 0.3 is 0 Å². The summed E-state index contributed by atoms with van der Waals surface area (Å²) in [6.45, 7) is 15.9. The molecule has 1 nitrogen and oxygen atoms in total. The van der Waals surface area contributed by atoms with Gasteiger partial charge in [0.05, 0.1) is 0 Å². The largest absolute Gasteiger partial charge is 0.300 e. The van der Waals surface area contributed by atoms with E-state index in [1.165, 1.54) is 38.8 Å². The highest BCUT2D eigenvalue weighted by molar-refractivity contribution is 4.86. The van der Waals surface area contributed by atoms with Crippen molar-refractivity contribution in [1.29, 1.82) is 0 Å². The van der Waals surface area contributed by atoms with E-state index in [1.807, 2.05) is 13.8 Å². The Kier molecular flexibility index (Phi) is 9.02. The van der Waals surface area contributed by atoms with Gasteiger partial charge in [0.1, 0.15) is 0 Å². The fourth-order valence-electron chi connectivity index (χ4n) is 3.26. The molecule has 0 saturated heterocycles. The van der Waals surface area contributed by atoms with E-state index < -0.39 is 0 Å². The second-order valence-electron chi connectivity index (χ2n) is 4.79. The highest BCUT2D eigenvalue weighted by atomic mass is 15.2. The van der Waals surface area contributed by atoms with Crippen LogP contribution in [0.2, 0.25) is 0 Å². The molecule has 1 rings (SSSR count). The van der Waals surface area contributed by atoms with E-state index >= 15 is 0 Å². The smallest absolute Gasteiger partial charge is 0.0149 e. The maximum absolute atomic E-state index is 2.68. The van der Waals surface area contributed by atoms with Gasteiger partial charge in [0.2, 0.25) is 0 Å². The molecule has 3 atom stereocenters. The molecule has 0 bridgehead atoms. The number of hydrogen-bond donors (Lipinski definition) is 0. The maximum Gasteiger partial charge on any atom is 0.0149 e. The SMILES string of the molecule is CC.CCC1CCCC(C)C1N(CC)CC. The van der Waals surface area contributed by atoms with E-state index in [0.717, 1.165) is 17.9 Å². The summed E-state index contributed by atoms with van der Waals surface area (Å²) in [5.41, 5.74) is 0. The minimum absolute atomic E-state index is 0.865. The molecule has 0 N–H and O–H groups in total. The first-order chi connectivity index (χ1) is 7.74. The summed E-state index contributed by atoms with van der Waals surface area (Å²) in [4.78, 5) is 2.68. The van der Waals surface area contributed by atoms with Crippen LogP contribution in [0.15, 0.2) is 0 Å². The molecule has 0 radical (unpaired) electrons. The van der Waals surface area contributed by atoms with Gasteiger partial charge in [0.15, 0.2) is 0 Å². The van der Waals surface area contributed by atoms with Crippen LogP contribution in [0.4, 0.5) is 0 Å². The fraction of sp³-hybridized carbons (Fsp3) is 1.00. The summed E-state index contributed by atoms with van der Waals surface area (Å²) in [6.07, 6.45) is 5.72. The Morgan fingerprint density at radius 1 is 1.00 bits per heavy atom. The minimum atomic E-state index is 0.865. The lowest BCUT2D eigenvalue weighted by atomic mass is 9.75. The van der Waals surface area contributed by atoms with Gasteiger partial charge in [-0.05, 0) is 37.8 Å². The van der Waals surface area contributed by atoms with Gasteiger partial charge in [-0.25, -0.2) is 0 Å². The first-order valence-electron chi connectivity index (χ1n) is 7.48. The molecule has 1 saturated carbocycles. The molecule has 16 heavy (non-hydrogen) atoms. The maximum atomic E-state index is 2.68. The van der Waals surface area contributed by atoms with Gasteiger partial charge < -0.3 is 4.90 Å². The fourth-order valence-corrected chi connectivity index (χ4v) is 3.26. The van der Waals surface area contributed by atoms with Crippen LogP contribution in [0.1, 0.15) is 67.2 Å². The van der Waals surface area contributed by atoms with Gasteiger partial charge in [-0.15, -0.1) is 0 Å². The summed E-state index contributed by atoms with van der Waals surface area (Å²) in [5, 5.41) is 0. The molecule has 0 aromatic heterocycles. The zero-order chi connectivity index (χ0) is 12.6. The lowest BCUT2D eigenvalue weighted by molar-refractivity contribution is 0.0679. The number of nitrogens with zero attached hydrogens (tertiary/aromatic N) is 1. The molecular weight excluding hydrogens is 194 g/mol. The average molecular weight is 227 g/mol. The molecule has 0 heterocycles. The van der Waals surface area contributed by atoms with E-state index in [2.05, 4.69) is 32.6 Å². The minimum Gasteiger partial charge on any atom is -0.300 e. The molecule has 3 unspecified atom stereocenters. The van der Waals surface area contributed by atoms with Crippen LogP contribution in [0.3, 0.4) is 0 Å². The Bertz CT molecular complexity index is 144. The van der Waals surface area contributed by atoms with E-state index in [1.54, 1.807) is 0 Å². The normalized spacial score (nSPS) is 29.8. The van der Waals surface area contributed by atoms with Crippen LogP contribution in [-0.2, 0) is 0 Å². The third kappa shape index (κ3) is 4.08. The van der Waals surface area contributed by atoms with Crippen molar-refractivity contribution in [3.05, 3.63) is 0 Å². The topological polar surface area (TPSA) is 3.24 Å². The molecule has 98 valence electrons. The van der Waals surface area contributed by atoms with Crippen LogP contribution in [0, 0.1) is 11.8 Å². The Balaban J connectivity index is 0.00000106. The monoisotopic (exact) mass is 227 g/mol. The first-order valence-corrected chi connectivity index (χ1v) is 7.48. The van der Waals surface area contributed by atoms with Crippen LogP contribution in [-0.4, -0.2) is 24.0 Å². The molecule has 0 aromatic carbocycles. The molecule has 0 amide bonds. The van der Waals surface area contributed by atoms with Crippen molar-refractivity contribution < 1.29 is 0 Å². The lowest BCUT2D eigenvalue weighted by Crippen LogP contribution is -2.46. The molecule has 1 aliphatic rings. The van der Waals surface area contributed by atoms with Crippen molar-refractivity contribution in [1.82, 2.24) is 4.90 Å². The summed E-state index contributed by atoms with van der Waals surface area (Å²) >= 11 is 0. The Morgan fingerprint density at radius 2 is 1.56 bits per heavy atom. The summed E-state index contributed by atoms with van der Waals surface area (Å²) < 4.78 is 0. The van der Waals surface area contributed by atoms with Crippen LogP contribution < -0.4 is 0 Å². The highest BCUT2D eigenvalue weighted by Gasteiger charge is 2.32. The van der Waals surface area contributed by atoms with Gasteiger partial charge in [-0.2, -0.15) is 0 Å². The average Bonchev–Trinajstić information content (AvgIpc) is 2.35. The quantitative estimate of drug-likeness (QED) is 0.680. The summed E-state index contributed by atoms with van der Waals surface area (Å²) in [6, 6.07) is 0.865. The Morgan fingerprint density at radius 3 is 2.00 bits per heavy atom. The summed E-state index contributed by atoms with van der Waals surface area (Å²) in [5.74, 6) is 1.87.